The number of hydrogen-bond donors (Lipinski definition) is 1. The predicted molar refractivity (Wildman–Crippen MR) is 151 cm³/mol. The van der Waals surface area contributed by atoms with E-state index in [9.17, 15) is 9.59 Å². The second kappa shape index (κ2) is 12.3. The molecule has 0 radical (unpaired) electrons. The van der Waals surface area contributed by atoms with Crippen LogP contribution in [0.4, 0.5) is 0 Å². The van der Waals surface area contributed by atoms with Crippen LogP contribution in [0.2, 0.25) is 0 Å². The molecule has 3 aromatic carbocycles. The van der Waals surface area contributed by atoms with Gasteiger partial charge < -0.3 is 29.2 Å². The number of fused-ring (bicyclic) bond motifs is 1. The van der Waals surface area contributed by atoms with Gasteiger partial charge in [0.05, 0.1) is 21.3 Å². The van der Waals surface area contributed by atoms with Crippen LogP contribution in [0.5, 0.6) is 23.0 Å². The minimum absolute atomic E-state index is 0.107. The lowest BCUT2D eigenvalue weighted by Gasteiger charge is -2.30. The molecule has 8 nitrogen and oxygen atoms in total. The number of ether oxygens (including phenoxy) is 4. The SMILES string of the molecule is COc1cc(C(=O)N(Cc2ccc(OC3Cc4ccccc4C3)cc2)[C@H]2CCCCNC2=O)cc(OC)c1OC. The van der Waals surface area contributed by atoms with E-state index in [-0.39, 0.29) is 24.5 Å². The summed E-state index contributed by atoms with van der Waals surface area (Å²) in [6.07, 6.45) is 4.21. The first-order valence-corrected chi connectivity index (χ1v) is 13.7. The van der Waals surface area contributed by atoms with Crippen LogP contribution in [0, 0.1) is 0 Å². The Labute approximate surface area is 235 Å². The zero-order valence-electron chi connectivity index (χ0n) is 23.3. The van der Waals surface area contributed by atoms with Crippen LogP contribution in [-0.2, 0) is 24.2 Å². The number of benzene rings is 3. The molecule has 0 spiro atoms. The molecule has 1 heterocycles. The van der Waals surface area contributed by atoms with E-state index in [2.05, 4.69) is 29.6 Å². The molecule has 40 heavy (non-hydrogen) atoms. The minimum atomic E-state index is -0.595. The fourth-order valence-electron chi connectivity index (χ4n) is 5.58. The zero-order chi connectivity index (χ0) is 28.1. The first-order valence-electron chi connectivity index (χ1n) is 13.7. The van der Waals surface area contributed by atoms with Gasteiger partial charge >= 0.3 is 0 Å². The standard InChI is InChI=1S/C32H36N2O6/c1-37-28-18-24(19-29(38-2)30(28)39-3)32(36)34(27-10-6-7-15-33-31(27)35)20-21-11-13-25(14-12-21)40-26-16-22-8-4-5-9-23(22)17-26/h4-5,8-9,11-14,18-19,26-27H,6-7,10,15-17,20H2,1-3H3,(H,33,35)/t27-/m0/s1. The maximum atomic E-state index is 14.0. The Bertz CT molecular complexity index is 1310. The van der Waals surface area contributed by atoms with Crippen molar-refractivity contribution in [1.82, 2.24) is 10.2 Å². The molecule has 0 saturated carbocycles. The van der Waals surface area contributed by atoms with E-state index in [4.69, 9.17) is 18.9 Å². The molecule has 210 valence electrons. The lowest BCUT2D eigenvalue weighted by molar-refractivity contribution is -0.125. The van der Waals surface area contributed by atoms with E-state index in [1.54, 1.807) is 17.0 Å². The number of nitrogens with one attached hydrogen (secondary N) is 1. The predicted octanol–water partition coefficient (Wildman–Crippen LogP) is 4.57. The normalized spacial score (nSPS) is 16.9. The van der Waals surface area contributed by atoms with Crippen LogP contribution >= 0.6 is 0 Å². The number of methoxy groups -OCH3 is 3. The van der Waals surface area contributed by atoms with Crippen molar-refractivity contribution in [1.29, 1.82) is 0 Å². The summed E-state index contributed by atoms with van der Waals surface area (Å²) < 4.78 is 22.6. The highest BCUT2D eigenvalue weighted by molar-refractivity contribution is 5.98. The highest BCUT2D eigenvalue weighted by Crippen LogP contribution is 2.39. The summed E-state index contributed by atoms with van der Waals surface area (Å²) >= 11 is 0. The maximum Gasteiger partial charge on any atom is 0.255 e. The average molecular weight is 545 g/mol. The lowest BCUT2D eigenvalue weighted by atomic mass is 10.0. The first kappa shape index (κ1) is 27.4. The molecule has 1 fully saturated rings. The van der Waals surface area contributed by atoms with E-state index in [0.29, 0.717) is 35.8 Å². The van der Waals surface area contributed by atoms with Crippen LogP contribution in [-0.4, -0.2) is 56.7 Å². The summed E-state index contributed by atoms with van der Waals surface area (Å²) in [6.45, 7) is 0.876. The number of carbonyl (C=O) groups excluding carboxylic acids is 2. The molecule has 3 aromatic rings. The van der Waals surface area contributed by atoms with Crippen LogP contribution in [0.3, 0.4) is 0 Å². The molecule has 0 aromatic heterocycles. The zero-order valence-corrected chi connectivity index (χ0v) is 23.3. The van der Waals surface area contributed by atoms with Gasteiger partial charge in [0.1, 0.15) is 17.9 Å². The Hall–Kier alpha value is -4.20. The summed E-state index contributed by atoms with van der Waals surface area (Å²) in [7, 11) is 4.54. The average Bonchev–Trinajstić information content (AvgIpc) is 3.27. The number of nitrogens with zero attached hydrogens (tertiary/aromatic N) is 1. The van der Waals surface area contributed by atoms with Gasteiger partial charge in [-0.05, 0) is 60.2 Å². The van der Waals surface area contributed by atoms with E-state index in [1.807, 2.05) is 24.3 Å². The van der Waals surface area contributed by atoms with Crippen molar-refractivity contribution in [2.45, 2.75) is 50.8 Å². The van der Waals surface area contributed by atoms with Crippen LogP contribution in [0.1, 0.15) is 46.3 Å². The van der Waals surface area contributed by atoms with Crippen molar-refractivity contribution in [3.63, 3.8) is 0 Å². The fraction of sp³-hybridized carbons (Fsp3) is 0.375. The van der Waals surface area contributed by atoms with E-state index >= 15 is 0 Å². The third-order valence-corrected chi connectivity index (χ3v) is 7.65. The Morgan fingerprint density at radius 1 is 0.900 bits per heavy atom. The van der Waals surface area contributed by atoms with Gasteiger partial charge in [0.2, 0.25) is 11.7 Å². The molecule has 1 atom stereocenters. The Morgan fingerprint density at radius 3 is 2.15 bits per heavy atom. The van der Waals surface area contributed by atoms with Gasteiger partial charge in [-0.3, -0.25) is 9.59 Å². The smallest absolute Gasteiger partial charge is 0.255 e. The molecular weight excluding hydrogens is 508 g/mol. The van der Waals surface area contributed by atoms with Crippen molar-refractivity contribution >= 4 is 11.8 Å². The summed E-state index contributed by atoms with van der Waals surface area (Å²) in [5.41, 5.74) is 3.94. The Morgan fingerprint density at radius 2 is 1.55 bits per heavy atom. The molecule has 8 heteroatoms. The van der Waals surface area contributed by atoms with Crippen molar-refractivity contribution in [3.05, 3.63) is 82.9 Å². The summed E-state index contributed by atoms with van der Waals surface area (Å²) in [5.74, 6) is 1.53. The van der Waals surface area contributed by atoms with Crippen LogP contribution in [0.15, 0.2) is 60.7 Å². The van der Waals surface area contributed by atoms with Crippen LogP contribution in [0.25, 0.3) is 0 Å². The molecule has 0 unspecified atom stereocenters. The monoisotopic (exact) mass is 544 g/mol. The summed E-state index contributed by atoms with van der Waals surface area (Å²) in [4.78, 5) is 28.7. The van der Waals surface area contributed by atoms with Gasteiger partial charge in [-0.1, -0.05) is 36.4 Å². The molecule has 2 amide bonds. The highest BCUT2D eigenvalue weighted by atomic mass is 16.5. The molecule has 1 N–H and O–H groups in total. The molecule has 5 rings (SSSR count). The number of hydrogen-bond acceptors (Lipinski definition) is 6. The van der Waals surface area contributed by atoms with E-state index < -0.39 is 6.04 Å². The number of carbonyl (C=O) groups is 2. The largest absolute Gasteiger partial charge is 0.493 e. The minimum Gasteiger partial charge on any atom is -0.493 e. The van der Waals surface area contributed by atoms with Crippen molar-refractivity contribution < 1.29 is 28.5 Å². The second-order valence-corrected chi connectivity index (χ2v) is 10.2. The van der Waals surface area contributed by atoms with Gasteiger partial charge in [0.15, 0.2) is 11.5 Å². The summed E-state index contributed by atoms with van der Waals surface area (Å²) in [6, 6.07) is 18.9. The van der Waals surface area contributed by atoms with Crippen LogP contribution < -0.4 is 24.3 Å². The number of rotatable bonds is 9. The van der Waals surface area contributed by atoms with E-state index in [0.717, 1.165) is 37.0 Å². The molecule has 1 aliphatic carbocycles. The Balaban J connectivity index is 1.38. The summed E-state index contributed by atoms with van der Waals surface area (Å²) in [5, 5.41) is 2.97. The maximum absolute atomic E-state index is 14.0. The molecule has 1 aliphatic heterocycles. The van der Waals surface area contributed by atoms with Gasteiger partial charge in [0, 0.05) is 31.5 Å². The Kier molecular flexibility index (Phi) is 8.43. The van der Waals surface area contributed by atoms with Crippen molar-refractivity contribution in [2.75, 3.05) is 27.9 Å². The van der Waals surface area contributed by atoms with Gasteiger partial charge in [-0.2, -0.15) is 0 Å². The highest BCUT2D eigenvalue weighted by Gasteiger charge is 2.32. The third-order valence-electron chi connectivity index (χ3n) is 7.65. The molecular formula is C32H36N2O6. The second-order valence-electron chi connectivity index (χ2n) is 10.2. The first-order chi connectivity index (χ1) is 19.5. The molecule has 0 bridgehead atoms. The lowest BCUT2D eigenvalue weighted by Crippen LogP contribution is -2.48. The number of amides is 2. The van der Waals surface area contributed by atoms with Crippen molar-refractivity contribution in [3.8, 4) is 23.0 Å². The van der Waals surface area contributed by atoms with Gasteiger partial charge in [0.25, 0.3) is 5.91 Å². The molecule has 1 saturated heterocycles. The van der Waals surface area contributed by atoms with E-state index in [1.165, 1.54) is 32.5 Å². The van der Waals surface area contributed by atoms with Gasteiger partial charge in [-0.15, -0.1) is 0 Å². The fourth-order valence-corrected chi connectivity index (χ4v) is 5.58. The van der Waals surface area contributed by atoms with Crippen molar-refractivity contribution in [2.24, 2.45) is 0 Å². The topological polar surface area (TPSA) is 86.3 Å². The molecule has 2 aliphatic rings. The van der Waals surface area contributed by atoms with Gasteiger partial charge in [-0.25, -0.2) is 0 Å². The third kappa shape index (κ3) is 5.86. The quantitative estimate of drug-likeness (QED) is 0.425.